The first kappa shape index (κ1) is 19.1. The van der Waals surface area contributed by atoms with Crippen LogP contribution in [0.15, 0.2) is 47.4 Å². The van der Waals surface area contributed by atoms with Crippen molar-refractivity contribution in [2.45, 2.75) is 18.0 Å². The SMILES string of the molecule is COc1ccc(CN2CCN(Cc3ccc(SC)cc3)CC2)cc1OC. The Morgan fingerprint density at radius 3 is 1.85 bits per heavy atom. The van der Waals surface area contributed by atoms with Crippen LogP contribution in [0, 0.1) is 0 Å². The quantitative estimate of drug-likeness (QED) is 0.690. The summed E-state index contributed by atoms with van der Waals surface area (Å²) in [6.45, 7) is 6.40. The Labute approximate surface area is 161 Å². The van der Waals surface area contributed by atoms with Gasteiger partial charge in [0.1, 0.15) is 0 Å². The van der Waals surface area contributed by atoms with Gasteiger partial charge in [0, 0.05) is 44.2 Å². The molecule has 0 aliphatic carbocycles. The Kier molecular flexibility index (Phi) is 6.83. The second-order valence-electron chi connectivity index (χ2n) is 6.59. The maximum absolute atomic E-state index is 5.41. The second kappa shape index (κ2) is 9.31. The number of piperazine rings is 1. The van der Waals surface area contributed by atoms with Gasteiger partial charge in [0.25, 0.3) is 0 Å². The van der Waals surface area contributed by atoms with Crippen LogP contribution in [0.25, 0.3) is 0 Å². The normalized spacial score (nSPS) is 15.8. The van der Waals surface area contributed by atoms with Gasteiger partial charge < -0.3 is 9.47 Å². The van der Waals surface area contributed by atoms with Crippen LogP contribution < -0.4 is 9.47 Å². The van der Waals surface area contributed by atoms with Crippen molar-refractivity contribution >= 4 is 11.8 Å². The molecule has 0 N–H and O–H groups in total. The molecule has 2 aromatic carbocycles. The molecule has 0 atom stereocenters. The third-order valence-corrected chi connectivity index (χ3v) is 5.63. The first-order valence-corrected chi connectivity index (χ1v) is 10.2. The van der Waals surface area contributed by atoms with Gasteiger partial charge in [0.05, 0.1) is 14.2 Å². The molecule has 0 bridgehead atoms. The van der Waals surface area contributed by atoms with Crippen LogP contribution in [0.2, 0.25) is 0 Å². The molecule has 0 saturated carbocycles. The summed E-state index contributed by atoms with van der Waals surface area (Å²) in [5, 5.41) is 0. The maximum Gasteiger partial charge on any atom is 0.161 e. The molecule has 0 radical (unpaired) electrons. The van der Waals surface area contributed by atoms with E-state index in [-0.39, 0.29) is 0 Å². The van der Waals surface area contributed by atoms with E-state index < -0.39 is 0 Å². The Balaban J connectivity index is 1.50. The molecule has 0 unspecified atom stereocenters. The van der Waals surface area contributed by atoms with Crippen LogP contribution in [-0.4, -0.2) is 56.5 Å². The molecule has 5 heteroatoms. The summed E-state index contributed by atoms with van der Waals surface area (Å²) in [5.41, 5.74) is 2.67. The van der Waals surface area contributed by atoms with Gasteiger partial charge in [-0.3, -0.25) is 9.80 Å². The van der Waals surface area contributed by atoms with Gasteiger partial charge in [0.2, 0.25) is 0 Å². The van der Waals surface area contributed by atoms with Crippen LogP contribution in [-0.2, 0) is 13.1 Å². The van der Waals surface area contributed by atoms with E-state index in [1.54, 1.807) is 26.0 Å². The zero-order chi connectivity index (χ0) is 18.4. The van der Waals surface area contributed by atoms with Gasteiger partial charge >= 0.3 is 0 Å². The van der Waals surface area contributed by atoms with Gasteiger partial charge in [-0.25, -0.2) is 0 Å². The molecular weight excluding hydrogens is 344 g/mol. The van der Waals surface area contributed by atoms with E-state index in [9.17, 15) is 0 Å². The summed E-state index contributed by atoms with van der Waals surface area (Å²) in [7, 11) is 3.36. The van der Waals surface area contributed by atoms with Crippen molar-refractivity contribution in [1.82, 2.24) is 9.80 Å². The first-order chi connectivity index (χ1) is 12.7. The van der Waals surface area contributed by atoms with E-state index in [2.05, 4.69) is 52.5 Å². The van der Waals surface area contributed by atoms with E-state index in [0.717, 1.165) is 50.8 Å². The van der Waals surface area contributed by atoms with Gasteiger partial charge in [-0.05, 0) is 41.6 Å². The Bertz CT molecular complexity index is 698. The van der Waals surface area contributed by atoms with Crippen molar-refractivity contribution in [3.05, 3.63) is 53.6 Å². The molecule has 26 heavy (non-hydrogen) atoms. The molecule has 0 aromatic heterocycles. The molecule has 1 fully saturated rings. The number of ether oxygens (including phenoxy) is 2. The summed E-state index contributed by atoms with van der Waals surface area (Å²) in [4.78, 5) is 6.38. The fraction of sp³-hybridized carbons (Fsp3) is 0.429. The largest absolute Gasteiger partial charge is 0.493 e. The Hall–Kier alpha value is -1.69. The Morgan fingerprint density at radius 2 is 1.31 bits per heavy atom. The molecule has 4 nitrogen and oxygen atoms in total. The predicted molar refractivity (Wildman–Crippen MR) is 108 cm³/mol. The van der Waals surface area contributed by atoms with Crippen molar-refractivity contribution in [1.29, 1.82) is 0 Å². The predicted octanol–water partition coefficient (Wildman–Crippen LogP) is 3.74. The molecule has 1 aliphatic heterocycles. The number of rotatable bonds is 7. The average Bonchev–Trinajstić information content (AvgIpc) is 2.70. The number of hydrogen-bond acceptors (Lipinski definition) is 5. The van der Waals surface area contributed by atoms with Crippen LogP contribution in [0.1, 0.15) is 11.1 Å². The van der Waals surface area contributed by atoms with Crippen LogP contribution in [0.3, 0.4) is 0 Å². The summed E-state index contributed by atoms with van der Waals surface area (Å²) in [6, 6.07) is 15.1. The van der Waals surface area contributed by atoms with E-state index in [4.69, 9.17) is 9.47 Å². The number of nitrogens with zero attached hydrogens (tertiary/aromatic N) is 2. The number of methoxy groups -OCH3 is 2. The topological polar surface area (TPSA) is 24.9 Å². The van der Waals surface area contributed by atoms with Crippen molar-refractivity contribution in [2.75, 3.05) is 46.7 Å². The van der Waals surface area contributed by atoms with Crippen molar-refractivity contribution < 1.29 is 9.47 Å². The van der Waals surface area contributed by atoms with Gasteiger partial charge in [-0.2, -0.15) is 0 Å². The number of benzene rings is 2. The molecule has 0 amide bonds. The molecule has 0 spiro atoms. The fourth-order valence-electron chi connectivity index (χ4n) is 3.33. The molecular formula is C21H28N2O2S. The lowest BCUT2D eigenvalue weighted by atomic mass is 10.1. The summed E-state index contributed by atoms with van der Waals surface area (Å²) in [6.07, 6.45) is 2.12. The summed E-state index contributed by atoms with van der Waals surface area (Å²) in [5.74, 6) is 1.59. The second-order valence-corrected chi connectivity index (χ2v) is 7.47. The Morgan fingerprint density at radius 1 is 0.769 bits per heavy atom. The lowest BCUT2D eigenvalue weighted by Gasteiger charge is -2.34. The monoisotopic (exact) mass is 372 g/mol. The molecule has 1 heterocycles. The standard InChI is InChI=1S/C21H28N2O2S/c1-24-20-9-6-18(14-21(20)25-2)16-23-12-10-22(11-13-23)15-17-4-7-19(26-3)8-5-17/h4-9,14H,10-13,15-16H2,1-3H3. The maximum atomic E-state index is 5.41. The molecule has 140 valence electrons. The highest BCUT2D eigenvalue weighted by Crippen LogP contribution is 2.28. The minimum atomic E-state index is 0.786. The third kappa shape index (κ3) is 4.93. The molecule has 2 aromatic rings. The van der Waals surface area contributed by atoms with Gasteiger partial charge in [-0.1, -0.05) is 18.2 Å². The third-order valence-electron chi connectivity index (χ3n) is 4.88. The van der Waals surface area contributed by atoms with E-state index >= 15 is 0 Å². The minimum absolute atomic E-state index is 0.786. The van der Waals surface area contributed by atoms with E-state index in [1.807, 2.05) is 6.07 Å². The fourth-order valence-corrected chi connectivity index (χ4v) is 3.74. The number of thioether (sulfide) groups is 1. The number of hydrogen-bond donors (Lipinski definition) is 0. The summed E-state index contributed by atoms with van der Waals surface area (Å²) >= 11 is 1.79. The van der Waals surface area contributed by atoms with Crippen molar-refractivity contribution in [2.24, 2.45) is 0 Å². The van der Waals surface area contributed by atoms with Crippen molar-refractivity contribution in [3.8, 4) is 11.5 Å². The van der Waals surface area contributed by atoms with Gasteiger partial charge in [-0.15, -0.1) is 11.8 Å². The van der Waals surface area contributed by atoms with E-state index in [1.165, 1.54) is 16.0 Å². The smallest absolute Gasteiger partial charge is 0.161 e. The van der Waals surface area contributed by atoms with Crippen LogP contribution in [0.4, 0.5) is 0 Å². The molecule has 1 aliphatic rings. The van der Waals surface area contributed by atoms with Crippen LogP contribution in [0.5, 0.6) is 11.5 Å². The zero-order valence-electron chi connectivity index (χ0n) is 15.9. The van der Waals surface area contributed by atoms with Crippen LogP contribution >= 0.6 is 11.8 Å². The lowest BCUT2D eigenvalue weighted by molar-refractivity contribution is 0.122. The lowest BCUT2D eigenvalue weighted by Crippen LogP contribution is -2.45. The highest BCUT2D eigenvalue weighted by Gasteiger charge is 2.17. The van der Waals surface area contributed by atoms with Gasteiger partial charge in [0.15, 0.2) is 11.5 Å². The molecule has 1 saturated heterocycles. The highest BCUT2D eigenvalue weighted by molar-refractivity contribution is 7.98. The summed E-state index contributed by atoms with van der Waals surface area (Å²) < 4.78 is 10.7. The molecule has 3 rings (SSSR count). The average molecular weight is 373 g/mol. The highest BCUT2D eigenvalue weighted by atomic mass is 32.2. The first-order valence-electron chi connectivity index (χ1n) is 9.00. The van der Waals surface area contributed by atoms with Crippen molar-refractivity contribution in [3.63, 3.8) is 0 Å². The zero-order valence-corrected chi connectivity index (χ0v) is 16.7. The minimum Gasteiger partial charge on any atom is -0.493 e. The van der Waals surface area contributed by atoms with E-state index in [0.29, 0.717) is 0 Å².